The topological polar surface area (TPSA) is 23.5 Å². The molecule has 3 atom stereocenters. The van der Waals surface area contributed by atoms with E-state index in [0.29, 0.717) is 12.3 Å². The van der Waals surface area contributed by atoms with E-state index in [1.807, 2.05) is 42.5 Å². The molecule has 1 N–H and O–H groups in total. The third-order valence-electron chi connectivity index (χ3n) is 5.62. The van der Waals surface area contributed by atoms with E-state index >= 15 is 0 Å². The lowest BCUT2D eigenvalue weighted by Crippen LogP contribution is -2.56. The molecule has 0 radical (unpaired) electrons. The summed E-state index contributed by atoms with van der Waals surface area (Å²) in [5.74, 6) is 0.332. The Bertz CT molecular complexity index is 771. The molecule has 0 heterocycles. The van der Waals surface area contributed by atoms with Gasteiger partial charge in [0.2, 0.25) is 0 Å². The number of hydrogen-bond acceptors (Lipinski definition) is 2. The maximum Gasteiger partial charge on any atom is 0.106 e. The van der Waals surface area contributed by atoms with E-state index in [9.17, 15) is 5.11 Å². The molecule has 1 aliphatic carbocycles. The van der Waals surface area contributed by atoms with Crippen molar-refractivity contribution in [1.29, 1.82) is 0 Å². The fraction of sp³-hybridized carbons (Fsp3) is 0.391. The van der Waals surface area contributed by atoms with E-state index in [2.05, 4.69) is 44.1 Å². The highest BCUT2D eigenvalue weighted by molar-refractivity contribution is 6.31. The van der Waals surface area contributed by atoms with Crippen LogP contribution in [0.25, 0.3) is 6.08 Å². The number of likely N-dealkylation sites (N-methyl/N-ethyl adjacent to an activating group) is 1. The number of halogens is 1. The van der Waals surface area contributed by atoms with Gasteiger partial charge in [-0.3, -0.25) is 0 Å². The molecule has 2 nitrogen and oxygen atoms in total. The number of hydrogen-bond donors (Lipinski definition) is 1. The smallest absolute Gasteiger partial charge is 0.106 e. The van der Waals surface area contributed by atoms with Gasteiger partial charge in [-0.05, 0) is 55.6 Å². The van der Waals surface area contributed by atoms with Gasteiger partial charge in [-0.2, -0.15) is 0 Å². The molecule has 3 rings (SSSR count). The van der Waals surface area contributed by atoms with Gasteiger partial charge in [-0.15, -0.1) is 0 Å². The Morgan fingerprint density at radius 2 is 1.73 bits per heavy atom. The standard InChI is InChI=1S/C23H28ClNO/c1-17-13-14-22(25(2)3)23(26,16-19-11-7-8-12-21(19)24)20(17)15-18-9-5-4-6-10-18/h4-12,15,17,22,26H,13-14,16H2,1-3H3. The molecule has 2 aromatic rings. The second kappa shape index (κ2) is 7.96. The Hall–Kier alpha value is -1.61. The van der Waals surface area contributed by atoms with E-state index in [0.717, 1.165) is 34.6 Å². The molecule has 138 valence electrons. The quantitative estimate of drug-likeness (QED) is 0.814. The summed E-state index contributed by atoms with van der Waals surface area (Å²) in [5.41, 5.74) is 2.29. The molecule has 0 aromatic heterocycles. The summed E-state index contributed by atoms with van der Waals surface area (Å²) in [6, 6.07) is 18.2. The third-order valence-corrected chi connectivity index (χ3v) is 5.99. The molecule has 2 aromatic carbocycles. The zero-order valence-corrected chi connectivity index (χ0v) is 16.6. The zero-order valence-electron chi connectivity index (χ0n) is 15.8. The van der Waals surface area contributed by atoms with Crippen molar-refractivity contribution >= 4 is 17.7 Å². The molecule has 1 aliphatic rings. The molecule has 0 aliphatic heterocycles. The summed E-state index contributed by atoms with van der Waals surface area (Å²) in [6.45, 7) is 2.22. The van der Waals surface area contributed by atoms with E-state index < -0.39 is 5.60 Å². The Labute approximate surface area is 162 Å². The molecule has 0 spiro atoms. The van der Waals surface area contributed by atoms with Crippen LogP contribution in [-0.2, 0) is 6.42 Å². The minimum absolute atomic E-state index is 0.0601. The number of aliphatic hydroxyl groups is 1. The summed E-state index contributed by atoms with van der Waals surface area (Å²) in [5, 5.41) is 12.7. The van der Waals surface area contributed by atoms with Gasteiger partial charge in [-0.25, -0.2) is 0 Å². The highest BCUT2D eigenvalue weighted by atomic mass is 35.5. The van der Waals surface area contributed by atoms with Crippen LogP contribution < -0.4 is 0 Å². The van der Waals surface area contributed by atoms with Crippen molar-refractivity contribution in [2.75, 3.05) is 14.1 Å². The van der Waals surface area contributed by atoms with Crippen LogP contribution >= 0.6 is 11.6 Å². The lowest BCUT2D eigenvalue weighted by Gasteiger charge is -2.48. The van der Waals surface area contributed by atoms with Crippen molar-refractivity contribution in [3.8, 4) is 0 Å². The van der Waals surface area contributed by atoms with Gasteiger partial charge in [0.1, 0.15) is 5.60 Å². The number of rotatable bonds is 4. The van der Waals surface area contributed by atoms with Gasteiger partial charge in [-0.1, -0.05) is 73.1 Å². The van der Waals surface area contributed by atoms with E-state index in [4.69, 9.17) is 11.6 Å². The highest BCUT2D eigenvalue weighted by Crippen LogP contribution is 2.43. The summed E-state index contributed by atoms with van der Waals surface area (Å²) in [7, 11) is 4.11. The van der Waals surface area contributed by atoms with E-state index in [-0.39, 0.29) is 6.04 Å². The summed E-state index contributed by atoms with van der Waals surface area (Å²) in [6.07, 6.45) is 4.75. The van der Waals surface area contributed by atoms with E-state index in [1.54, 1.807) is 0 Å². The van der Waals surface area contributed by atoms with Crippen LogP contribution in [0, 0.1) is 5.92 Å². The van der Waals surface area contributed by atoms with Gasteiger partial charge in [0.25, 0.3) is 0 Å². The average Bonchev–Trinajstić information content (AvgIpc) is 2.61. The molecular weight excluding hydrogens is 342 g/mol. The van der Waals surface area contributed by atoms with Crippen LogP contribution in [0.5, 0.6) is 0 Å². The molecule has 1 fully saturated rings. The van der Waals surface area contributed by atoms with Gasteiger partial charge >= 0.3 is 0 Å². The van der Waals surface area contributed by atoms with Crippen molar-refractivity contribution < 1.29 is 5.11 Å². The number of benzene rings is 2. The highest BCUT2D eigenvalue weighted by Gasteiger charge is 2.46. The van der Waals surface area contributed by atoms with Crippen LogP contribution in [0.2, 0.25) is 5.02 Å². The van der Waals surface area contributed by atoms with E-state index in [1.165, 1.54) is 0 Å². The summed E-state index contributed by atoms with van der Waals surface area (Å²) in [4.78, 5) is 2.15. The third kappa shape index (κ3) is 3.88. The van der Waals surface area contributed by atoms with Crippen molar-refractivity contribution in [2.24, 2.45) is 5.92 Å². The molecule has 0 saturated heterocycles. The normalized spacial score (nSPS) is 27.8. The van der Waals surface area contributed by atoms with Crippen molar-refractivity contribution in [3.63, 3.8) is 0 Å². The molecular formula is C23H28ClNO. The van der Waals surface area contributed by atoms with Crippen LogP contribution in [0.15, 0.2) is 60.2 Å². The first-order valence-electron chi connectivity index (χ1n) is 9.31. The Balaban J connectivity index is 2.08. The Morgan fingerprint density at radius 1 is 1.08 bits per heavy atom. The predicted molar refractivity (Wildman–Crippen MR) is 110 cm³/mol. The Kier molecular flexibility index (Phi) is 5.86. The monoisotopic (exact) mass is 369 g/mol. The molecule has 0 amide bonds. The molecule has 26 heavy (non-hydrogen) atoms. The van der Waals surface area contributed by atoms with Crippen LogP contribution in [0.1, 0.15) is 30.9 Å². The minimum Gasteiger partial charge on any atom is -0.383 e. The van der Waals surface area contributed by atoms with Crippen molar-refractivity contribution in [2.45, 2.75) is 37.8 Å². The van der Waals surface area contributed by atoms with Crippen molar-refractivity contribution in [1.82, 2.24) is 4.90 Å². The van der Waals surface area contributed by atoms with Crippen LogP contribution in [0.4, 0.5) is 0 Å². The largest absolute Gasteiger partial charge is 0.383 e. The molecule has 0 bridgehead atoms. The van der Waals surface area contributed by atoms with Crippen LogP contribution in [0.3, 0.4) is 0 Å². The van der Waals surface area contributed by atoms with Gasteiger partial charge < -0.3 is 10.0 Å². The zero-order chi connectivity index (χ0) is 18.7. The summed E-state index contributed by atoms with van der Waals surface area (Å²) < 4.78 is 0. The lowest BCUT2D eigenvalue weighted by molar-refractivity contribution is -0.0284. The molecule has 3 heteroatoms. The first-order chi connectivity index (χ1) is 12.4. The average molecular weight is 370 g/mol. The number of nitrogens with zero attached hydrogens (tertiary/aromatic N) is 1. The maximum absolute atomic E-state index is 12.0. The second-order valence-electron chi connectivity index (χ2n) is 7.66. The fourth-order valence-corrected chi connectivity index (χ4v) is 4.46. The van der Waals surface area contributed by atoms with Crippen LogP contribution in [-0.4, -0.2) is 35.7 Å². The van der Waals surface area contributed by atoms with Crippen molar-refractivity contribution in [3.05, 3.63) is 76.3 Å². The van der Waals surface area contributed by atoms with Gasteiger partial charge in [0.05, 0.1) is 0 Å². The SMILES string of the molecule is CC1CCC(N(C)C)C(O)(Cc2ccccc2Cl)C1=Cc1ccccc1. The first-order valence-corrected chi connectivity index (χ1v) is 9.69. The first kappa shape index (κ1) is 19.2. The Morgan fingerprint density at radius 3 is 2.38 bits per heavy atom. The molecule has 3 unspecified atom stereocenters. The molecule has 1 saturated carbocycles. The second-order valence-corrected chi connectivity index (χ2v) is 8.07. The predicted octanol–water partition coefficient (Wildman–Crippen LogP) is 5.06. The lowest BCUT2D eigenvalue weighted by atomic mass is 9.67. The van der Waals surface area contributed by atoms with Gasteiger partial charge in [0, 0.05) is 17.5 Å². The summed E-state index contributed by atoms with van der Waals surface area (Å²) >= 11 is 6.43. The fourth-order valence-electron chi connectivity index (χ4n) is 4.25. The minimum atomic E-state index is -0.942. The maximum atomic E-state index is 12.0. The van der Waals surface area contributed by atoms with Gasteiger partial charge in [0.15, 0.2) is 0 Å².